The molecule has 0 aliphatic carbocycles. The molecule has 0 spiro atoms. The van der Waals surface area contributed by atoms with Crippen LogP contribution in [0.15, 0.2) is 47.6 Å². The number of para-hydroxylation sites is 1. The van der Waals surface area contributed by atoms with Crippen molar-refractivity contribution in [3.8, 4) is 11.5 Å². The molecule has 0 bridgehead atoms. The Balaban J connectivity index is 1.72. The zero-order valence-electron chi connectivity index (χ0n) is 13.0. The summed E-state index contributed by atoms with van der Waals surface area (Å²) >= 11 is 5.98. The number of ether oxygens (including phenoxy) is 2. The van der Waals surface area contributed by atoms with E-state index in [4.69, 9.17) is 26.2 Å². The number of hydrazone groups is 1. The molecule has 4 nitrogen and oxygen atoms in total. The summed E-state index contributed by atoms with van der Waals surface area (Å²) in [4.78, 5) is 0. The second-order valence-corrected chi connectivity index (χ2v) is 6.19. The van der Waals surface area contributed by atoms with Crippen LogP contribution in [0.5, 0.6) is 11.5 Å². The van der Waals surface area contributed by atoms with E-state index in [2.05, 4.69) is 6.07 Å². The van der Waals surface area contributed by atoms with Gasteiger partial charge in [0, 0.05) is 17.0 Å². The third kappa shape index (κ3) is 2.34. The van der Waals surface area contributed by atoms with E-state index in [1.54, 1.807) is 7.11 Å². The van der Waals surface area contributed by atoms with Crippen molar-refractivity contribution in [3.05, 3.63) is 58.6 Å². The topological polar surface area (TPSA) is 34.1 Å². The lowest BCUT2D eigenvalue weighted by atomic mass is 9.96. The molecule has 5 heteroatoms. The summed E-state index contributed by atoms with van der Waals surface area (Å²) in [6, 6.07) is 14.0. The number of methoxy groups -OCH3 is 1. The Labute approximate surface area is 140 Å². The Kier molecular flexibility index (Phi) is 3.42. The molecule has 2 atom stereocenters. The lowest BCUT2D eigenvalue weighted by molar-refractivity contribution is -0.00535. The fourth-order valence-electron chi connectivity index (χ4n) is 3.24. The number of benzene rings is 2. The third-order valence-electron chi connectivity index (χ3n) is 4.37. The van der Waals surface area contributed by atoms with E-state index >= 15 is 0 Å². The summed E-state index contributed by atoms with van der Waals surface area (Å²) in [5.74, 6) is 1.60. The number of fused-ring (bicyclic) bond motifs is 3. The molecule has 2 aromatic carbocycles. The van der Waals surface area contributed by atoms with Crippen LogP contribution in [0, 0.1) is 0 Å². The van der Waals surface area contributed by atoms with E-state index in [1.165, 1.54) is 0 Å². The molecule has 2 aromatic rings. The molecule has 0 saturated carbocycles. The summed E-state index contributed by atoms with van der Waals surface area (Å²) < 4.78 is 11.5. The van der Waals surface area contributed by atoms with Gasteiger partial charge < -0.3 is 9.47 Å². The van der Waals surface area contributed by atoms with Gasteiger partial charge in [0.05, 0.1) is 18.9 Å². The standard InChI is InChI=1S/C18H17ClN2O2/c1-11-21-16(14-4-3-5-17(22-2)18(14)23-11)10-15(20-21)12-6-8-13(19)9-7-12/h3-9,11,16H,10H2,1-2H3/t11-,16+/m0/s1. The van der Waals surface area contributed by atoms with Crippen LogP contribution >= 0.6 is 11.6 Å². The van der Waals surface area contributed by atoms with Crippen LogP contribution < -0.4 is 9.47 Å². The van der Waals surface area contributed by atoms with Gasteiger partial charge in [-0.1, -0.05) is 35.9 Å². The lowest BCUT2D eigenvalue weighted by Gasteiger charge is -2.36. The van der Waals surface area contributed by atoms with Crippen molar-refractivity contribution in [1.29, 1.82) is 0 Å². The largest absolute Gasteiger partial charge is 0.493 e. The quantitative estimate of drug-likeness (QED) is 0.827. The van der Waals surface area contributed by atoms with E-state index in [9.17, 15) is 0 Å². The molecule has 0 N–H and O–H groups in total. The van der Waals surface area contributed by atoms with Crippen molar-refractivity contribution in [2.45, 2.75) is 25.6 Å². The van der Waals surface area contributed by atoms with Crippen molar-refractivity contribution in [1.82, 2.24) is 5.01 Å². The first-order valence-corrected chi connectivity index (χ1v) is 8.00. The molecule has 0 saturated heterocycles. The second-order valence-electron chi connectivity index (χ2n) is 5.75. The van der Waals surface area contributed by atoms with Gasteiger partial charge in [-0.05, 0) is 30.7 Å². The number of halogens is 1. The molecule has 0 radical (unpaired) electrons. The molecular formula is C18H17ClN2O2. The highest BCUT2D eigenvalue weighted by atomic mass is 35.5. The number of rotatable bonds is 2. The molecule has 0 aromatic heterocycles. The predicted octanol–water partition coefficient (Wildman–Crippen LogP) is 4.24. The highest BCUT2D eigenvalue weighted by Crippen LogP contribution is 2.46. The van der Waals surface area contributed by atoms with E-state index in [0.717, 1.165) is 39.8 Å². The number of hydrogen-bond donors (Lipinski definition) is 0. The Hall–Kier alpha value is -2.20. The maximum Gasteiger partial charge on any atom is 0.185 e. The second kappa shape index (κ2) is 5.46. The first-order valence-electron chi connectivity index (χ1n) is 7.62. The minimum atomic E-state index is -0.131. The van der Waals surface area contributed by atoms with Gasteiger partial charge >= 0.3 is 0 Å². The average Bonchev–Trinajstić information content (AvgIpc) is 3.01. The van der Waals surface area contributed by atoms with Crippen molar-refractivity contribution in [2.24, 2.45) is 5.10 Å². The molecule has 0 fully saturated rings. The van der Waals surface area contributed by atoms with Gasteiger partial charge in [0.25, 0.3) is 0 Å². The third-order valence-corrected chi connectivity index (χ3v) is 4.62. The minimum Gasteiger partial charge on any atom is -0.493 e. The molecule has 0 amide bonds. The summed E-state index contributed by atoms with van der Waals surface area (Å²) in [6.07, 6.45) is 0.712. The van der Waals surface area contributed by atoms with Crippen LogP contribution in [-0.4, -0.2) is 24.1 Å². The van der Waals surface area contributed by atoms with Crippen LogP contribution in [-0.2, 0) is 0 Å². The molecule has 2 heterocycles. The van der Waals surface area contributed by atoms with Crippen molar-refractivity contribution >= 4 is 17.3 Å². The average molecular weight is 329 g/mol. The van der Waals surface area contributed by atoms with Gasteiger partial charge in [0.2, 0.25) is 0 Å². The summed E-state index contributed by atoms with van der Waals surface area (Å²) in [7, 11) is 1.67. The van der Waals surface area contributed by atoms with Gasteiger partial charge in [0.1, 0.15) is 0 Å². The predicted molar refractivity (Wildman–Crippen MR) is 90.3 cm³/mol. The fourth-order valence-corrected chi connectivity index (χ4v) is 3.36. The highest BCUT2D eigenvalue weighted by Gasteiger charge is 2.39. The molecule has 0 unspecified atom stereocenters. The Bertz CT molecular complexity index is 773. The Morgan fingerprint density at radius 2 is 2.00 bits per heavy atom. The maximum atomic E-state index is 6.04. The SMILES string of the molecule is COc1cccc2c1O[C@@H](C)N1N=C(c3ccc(Cl)cc3)C[C@H]21. The normalized spacial score (nSPS) is 22.0. The Morgan fingerprint density at radius 1 is 1.22 bits per heavy atom. The smallest absolute Gasteiger partial charge is 0.185 e. The van der Waals surface area contributed by atoms with Gasteiger partial charge in [-0.25, -0.2) is 0 Å². The van der Waals surface area contributed by atoms with Gasteiger partial charge in [0.15, 0.2) is 17.7 Å². The van der Waals surface area contributed by atoms with Crippen LogP contribution in [0.4, 0.5) is 0 Å². The molecule has 23 heavy (non-hydrogen) atoms. The number of hydrogen-bond acceptors (Lipinski definition) is 4. The van der Waals surface area contributed by atoms with Gasteiger partial charge in [-0.3, -0.25) is 5.01 Å². The summed E-state index contributed by atoms with van der Waals surface area (Å²) in [6.45, 7) is 2.01. The van der Waals surface area contributed by atoms with E-state index in [1.807, 2.05) is 48.3 Å². The highest BCUT2D eigenvalue weighted by molar-refractivity contribution is 6.30. The summed E-state index contributed by atoms with van der Waals surface area (Å²) in [5, 5.41) is 7.55. The molecule has 2 aliphatic heterocycles. The van der Waals surface area contributed by atoms with Crippen LogP contribution in [0.1, 0.15) is 30.5 Å². The van der Waals surface area contributed by atoms with Crippen LogP contribution in [0.3, 0.4) is 0 Å². The van der Waals surface area contributed by atoms with Crippen molar-refractivity contribution in [3.63, 3.8) is 0 Å². The zero-order chi connectivity index (χ0) is 16.0. The summed E-state index contributed by atoms with van der Waals surface area (Å²) in [5.41, 5.74) is 3.27. The zero-order valence-corrected chi connectivity index (χ0v) is 13.7. The molecule has 118 valence electrons. The van der Waals surface area contributed by atoms with Crippen molar-refractivity contribution < 1.29 is 9.47 Å². The van der Waals surface area contributed by atoms with E-state index in [0.29, 0.717) is 0 Å². The first-order chi connectivity index (χ1) is 11.2. The maximum absolute atomic E-state index is 6.04. The van der Waals surface area contributed by atoms with Gasteiger partial charge in [-0.2, -0.15) is 5.10 Å². The molecular weight excluding hydrogens is 312 g/mol. The van der Waals surface area contributed by atoms with Crippen LogP contribution in [0.25, 0.3) is 0 Å². The minimum absolute atomic E-state index is 0.131. The Morgan fingerprint density at radius 3 is 2.74 bits per heavy atom. The fraction of sp³-hybridized carbons (Fsp3) is 0.278. The molecule has 2 aliphatic rings. The monoisotopic (exact) mass is 328 g/mol. The van der Waals surface area contributed by atoms with E-state index < -0.39 is 0 Å². The van der Waals surface area contributed by atoms with E-state index in [-0.39, 0.29) is 12.3 Å². The lowest BCUT2D eigenvalue weighted by Crippen LogP contribution is -2.38. The molecule has 4 rings (SSSR count). The van der Waals surface area contributed by atoms with Crippen molar-refractivity contribution in [2.75, 3.05) is 7.11 Å². The van der Waals surface area contributed by atoms with Crippen LogP contribution in [0.2, 0.25) is 5.02 Å². The van der Waals surface area contributed by atoms with Gasteiger partial charge in [-0.15, -0.1) is 0 Å². The first kappa shape index (κ1) is 14.4. The number of nitrogens with zero attached hydrogens (tertiary/aromatic N) is 2.